The third kappa shape index (κ3) is 2.84. The van der Waals surface area contributed by atoms with Gasteiger partial charge in [-0.15, -0.1) is 0 Å². The molecule has 0 saturated carbocycles. The highest BCUT2D eigenvalue weighted by Gasteiger charge is 2.44. The van der Waals surface area contributed by atoms with E-state index in [9.17, 15) is 14.0 Å². The molecule has 0 aromatic rings. The number of amides is 1. The van der Waals surface area contributed by atoms with Crippen LogP contribution in [-0.4, -0.2) is 46.4 Å². The molecule has 1 amide bonds. The van der Waals surface area contributed by atoms with Crippen LogP contribution in [0.1, 0.15) is 27.2 Å². The lowest BCUT2D eigenvalue weighted by Crippen LogP contribution is -2.46. The summed E-state index contributed by atoms with van der Waals surface area (Å²) >= 11 is 0. The van der Waals surface area contributed by atoms with Gasteiger partial charge in [-0.3, -0.25) is 4.90 Å². The van der Waals surface area contributed by atoms with Gasteiger partial charge in [-0.2, -0.15) is 0 Å². The van der Waals surface area contributed by atoms with Crippen LogP contribution in [0.15, 0.2) is 0 Å². The number of esters is 1. The molecular formula is C10H16FNO4. The Bertz CT molecular complexity index is 300. The zero-order valence-electron chi connectivity index (χ0n) is 9.57. The van der Waals surface area contributed by atoms with Gasteiger partial charge in [-0.25, -0.2) is 14.0 Å². The standard InChI is InChI=1S/C10H16FNO4/c1-10(2,3)16-8(13)7-6(11)4-5-12(7)9(14)15/h6-7H,4-5H2,1-3H3,(H,14,15). The fraction of sp³-hybridized carbons (Fsp3) is 0.800. The molecule has 0 aromatic heterocycles. The summed E-state index contributed by atoms with van der Waals surface area (Å²) < 4.78 is 18.4. The van der Waals surface area contributed by atoms with E-state index in [1.165, 1.54) is 0 Å². The van der Waals surface area contributed by atoms with Crippen molar-refractivity contribution in [3.8, 4) is 0 Å². The first-order valence-corrected chi connectivity index (χ1v) is 5.09. The van der Waals surface area contributed by atoms with Crippen molar-refractivity contribution in [3.05, 3.63) is 0 Å². The predicted molar refractivity (Wildman–Crippen MR) is 53.9 cm³/mol. The Morgan fingerprint density at radius 3 is 2.44 bits per heavy atom. The molecule has 2 atom stereocenters. The van der Waals surface area contributed by atoms with Gasteiger partial charge in [0.1, 0.15) is 11.8 Å². The zero-order chi connectivity index (χ0) is 12.5. The van der Waals surface area contributed by atoms with Crippen molar-refractivity contribution in [2.45, 2.75) is 45.0 Å². The Labute approximate surface area is 93.2 Å². The van der Waals surface area contributed by atoms with E-state index < -0.39 is 29.9 Å². The van der Waals surface area contributed by atoms with Crippen LogP contribution >= 0.6 is 0 Å². The van der Waals surface area contributed by atoms with Gasteiger partial charge in [0.2, 0.25) is 0 Å². The molecule has 0 aliphatic carbocycles. The average molecular weight is 233 g/mol. The van der Waals surface area contributed by atoms with Gasteiger partial charge in [0.15, 0.2) is 6.04 Å². The fourth-order valence-corrected chi connectivity index (χ4v) is 1.61. The van der Waals surface area contributed by atoms with Gasteiger partial charge in [-0.05, 0) is 27.2 Å². The van der Waals surface area contributed by atoms with Crippen LogP contribution in [0.4, 0.5) is 9.18 Å². The summed E-state index contributed by atoms with van der Waals surface area (Å²) in [6.07, 6.45) is -2.74. The minimum atomic E-state index is -1.48. The summed E-state index contributed by atoms with van der Waals surface area (Å²) in [6.45, 7) is 4.98. The number of likely N-dealkylation sites (tertiary alicyclic amines) is 1. The molecule has 1 aliphatic heterocycles. The molecule has 2 unspecified atom stereocenters. The van der Waals surface area contributed by atoms with Gasteiger partial charge in [-0.1, -0.05) is 0 Å². The van der Waals surface area contributed by atoms with E-state index in [0.717, 1.165) is 4.90 Å². The Morgan fingerprint density at radius 2 is 2.00 bits per heavy atom. The largest absolute Gasteiger partial charge is 0.465 e. The molecule has 5 nitrogen and oxygen atoms in total. The van der Waals surface area contributed by atoms with E-state index in [4.69, 9.17) is 9.84 Å². The lowest BCUT2D eigenvalue weighted by molar-refractivity contribution is -0.161. The van der Waals surface area contributed by atoms with Crippen molar-refractivity contribution in [3.63, 3.8) is 0 Å². The third-order valence-electron chi connectivity index (χ3n) is 2.22. The van der Waals surface area contributed by atoms with Crippen molar-refractivity contribution >= 4 is 12.1 Å². The van der Waals surface area contributed by atoms with E-state index in [1.807, 2.05) is 0 Å². The maximum Gasteiger partial charge on any atom is 0.408 e. The molecule has 92 valence electrons. The molecule has 0 bridgehead atoms. The number of carbonyl (C=O) groups excluding carboxylic acids is 1. The molecule has 1 rings (SSSR count). The smallest absolute Gasteiger partial charge is 0.408 e. The number of hydrogen-bond acceptors (Lipinski definition) is 3. The minimum Gasteiger partial charge on any atom is -0.465 e. The second-order valence-electron chi connectivity index (χ2n) is 4.76. The number of alkyl halides is 1. The van der Waals surface area contributed by atoms with E-state index in [-0.39, 0.29) is 13.0 Å². The highest BCUT2D eigenvalue weighted by molar-refractivity contribution is 5.82. The first-order valence-electron chi connectivity index (χ1n) is 5.09. The van der Waals surface area contributed by atoms with Crippen molar-refractivity contribution in [2.24, 2.45) is 0 Å². The number of carbonyl (C=O) groups is 2. The van der Waals surface area contributed by atoms with Gasteiger partial charge >= 0.3 is 12.1 Å². The van der Waals surface area contributed by atoms with Gasteiger partial charge in [0, 0.05) is 6.54 Å². The second kappa shape index (κ2) is 4.27. The highest BCUT2D eigenvalue weighted by atomic mass is 19.1. The van der Waals surface area contributed by atoms with Crippen LogP contribution in [-0.2, 0) is 9.53 Å². The maximum absolute atomic E-state index is 13.4. The molecule has 1 N–H and O–H groups in total. The molecule has 0 spiro atoms. The molecule has 1 aliphatic rings. The molecule has 1 saturated heterocycles. The van der Waals surface area contributed by atoms with Crippen LogP contribution in [0.5, 0.6) is 0 Å². The molecule has 0 radical (unpaired) electrons. The predicted octanol–water partition coefficient (Wildman–Crippen LogP) is 1.42. The van der Waals surface area contributed by atoms with Crippen molar-refractivity contribution in [1.82, 2.24) is 4.90 Å². The maximum atomic E-state index is 13.4. The Hall–Kier alpha value is -1.33. The second-order valence-corrected chi connectivity index (χ2v) is 4.76. The monoisotopic (exact) mass is 233 g/mol. The minimum absolute atomic E-state index is 0.0282. The van der Waals surface area contributed by atoms with Crippen molar-refractivity contribution < 1.29 is 23.8 Å². The van der Waals surface area contributed by atoms with E-state index in [2.05, 4.69) is 0 Å². The highest BCUT2D eigenvalue weighted by Crippen LogP contribution is 2.24. The Morgan fingerprint density at radius 1 is 1.44 bits per heavy atom. The van der Waals surface area contributed by atoms with E-state index in [1.54, 1.807) is 20.8 Å². The first-order chi connectivity index (χ1) is 7.22. The summed E-state index contributed by atoms with van der Waals surface area (Å²) in [5.41, 5.74) is -0.746. The van der Waals surface area contributed by atoms with Gasteiger partial charge in [0.25, 0.3) is 0 Å². The van der Waals surface area contributed by atoms with Gasteiger partial charge < -0.3 is 9.84 Å². The number of carboxylic acid groups (broad SMARTS) is 1. The molecule has 0 aromatic carbocycles. The third-order valence-corrected chi connectivity index (χ3v) is 2.22. The molecule has 1 heterocycles. The van der Waals surface area contributed by atoms with Gasteiger partial charge in [0.05, 0.1) is 0 Å². The molecule has 6 heteroatoms. The Kier molecular flexibility index (Phi) is 3.40. The number of halogens is 1. The Balaban J connectivity index is 2.76. The summed E-state index contributed by atoms with van der Waals surface area (Å²) in [4.78, 5) is 23.2. The van der Waals surface area contributed by atoms with Crippen molar-refractivity contribution in [1.29, 1.82) is 0 Å². The molecule has 16 heavy (non-hydrogen) atoms. The topological polar surface area (TPSA) is 66.8 Å². The molecular weight excluding hydrogens is 217 g/mol. The summed E-state index contributed by atoms with van der Waals surface area (Å²) in [5, 5.41) is 8.80. The van der Waals surface area contributed by atoms with E-state index in [0.29, 0.717) is 0 Å². The average Bonchev–Trinajstić information content (AvgIpc) is 2.43. The van der Waals surface area contributed by atoms with Crippen LogP contribution < -0.4 is 0 Å². The van der Waals surface area contributed by atoms with Crippen LogP contribution in [0.25, 0.3) is 0 Å². The summed E-state index contributed by atoms with van der Waals surface area (Å²) in [7, 11) is 0. The lowest BCUT2D eigenvalue weighted by Gasteiger charge is -2.26. The fourth-order valence-electron chi connectivity index (χ4n) is 1.61. The first kappa shape index (κ1) is 12.7. The number of hydrogen-bond donors (Lipinski definition) is 1. The number of ether oxygens (including phenoxy) is 1. The normalized spacial score (nSPS) is 25.6. The van der Waals surface area contributed by atoms with Crippen molar-refractivity contribution in [2.75, 3.05) is 6.54 Å². The number of rotatable bonds is 1. The van der Waals surface area contributed by atoms with E-state index >= 15 is 0 Å². The van der Waals surface area contributed by atoms with Crippen LogP contribution in [0.3, 0.4) is 0 Å². The summed E-state index contributed by atoms with van der Waals surface area (Å²) in [5.74, 6) is -0.820. The van der Waals surface area contributed by atoms with Crippen LogP contribution in [0.2, 0.25) is 0 Å². The summed E-state index contributed by atoms with van der Waals surface area (Å²) in [6, 6.07) is -1.32. The SMILES string of the molecule is CC(C)(C)OC(=O)C1C(F)CCN1C(=O)O. The number of nitrogens with zero attached hydrogens (tertiary/aromatic N) is 1. The quantitative estimate of drug-likeness (QED) is 0.695. The lowest BCUT2D eigenvalue weighted by atomic mass is 10.1. The molecule has 1 fully saturated rings. The zero-order valence-corrected chi connectivity index (χ0v) is 9.57. The van der Waals surface area contributed by atoms with Crippen LogP contribution in [0, 0.1) is 0 Å².